The summed E-state index contributed by atoms with van der Waals surface area (Å²) in [6.07, 6.45) is 0.953. The summed E-state index contributed by atoms with van der Waals surface area (Å²) in [5, 5.41) is 2.84. The quantitative estimate of drug-likeness (QED) is 0.807. The van der Waals surface area contributed by atoms with Gasteiger partial charge < -0.3 is 9.88 Å². The molecule has 5 nitrogen and oxygen atoms in total. The molecule has 1 aromatic heterocycles. The average molecular weight is 230 g/mol. The van der Waals surface area contributed by atoms with Gasteiger partial charge in [0.25, 0.3) is 0 Å². The fourth-order valence-corrected chi connectivity index (χ4v) is 2.19. The molecule has 1 aliphatic rings. The minimum Gasteiger partial charge on any atom is -0.338 e. The molecule has 1 aliphatic heterocycles. The Morgan fingerprint density at radius 2 is 2.18 bits per heavy atom. The minimum atomic E-state index is -0.0605. The van der Waals surface area contributed by atoms with Crippen LogP contribution in [0.3, 0.4) is 0 Å². The van der Waals surface area contributed by atoms with E-state index in [0.29, 0.717) is 5.95 Å². The first-order chi connectivity index (χ1) is 8.27. The maximum Gasteiger partial charge on any atom is 0.324 e. The lowest BCUT2D eigenvalue weighted by molar-refractivity contribution is 0.242. The Morgan fingerprint density at radius 3 is 2.94 bits per heavy atom. The molecule has 1 saturated heterocycles. The Balaban J connectivity index is 2.10. The molecule has 0 atom stereocenters. The van der Waals surface area contributed by atoms with Gasteiger partial charge in [0.05, 0.1) is 11.0 Å². The molecular weight excluding hydrogens is 216 g/mol. The van der Waals surface area contributed by atoms with Gasteiger partial charge in [-0.3, -0.25) is 4.90 Å². The van der Waals surface area contributed by atoms with Gasteiger partial charge in [0.2, 0.25) is 5.95 Å². The molecular formula is C12H14N4O. The first-order valence-corrected chi connectivity index (χ1v) is 5.74. The van der Waals surface area contributed by atoms with E-state index in [1.54, 1.807) is 4.90 Å². The molecule has 3 rings (SSSR count). The second-order valence-corrected chi connectivity index (χ2v) is 4.20. The van der Waals surface area contributed by atoms with Gasteiger partial charge >= 0.3 is 6.03 Å². The number of amides is 2. The van der Waals surface area contributed by atoms with Crippen molar-refractivity contribution in [2.75, 3.05) is 18.0 Å². The Bertz CT molecular complexity index is 575. The smallest absolute Gasteiger partial charge is 0.324 e. The number of carbonyl (C=O) groups excluding carboxylic acids is 1. The standard InChI is InChI=1S/C12H14N4O/c1-15-10-6-3-2-5-9(10)14-11(15)16-8-4-7-13-12(16)17/h2-3,5-6H,4,7-8H2,1H3,(H,13,17). The Hall–Kier alpha value is -2.04. The van der Waals surface area contributed by atoms with Crippen LogP contribution >= 0.6 is 0 Å². The van der Waals surface area contributed by atoms with Crippen molar-refractivity contribution in [1.29, 1.82) is 0 Å². The van der Waals surface area contributed by atoms with Crippen molar-refractivity contribution in [3.63, 3.8) is 0 Å². The van der Waals surface area contributed by atoms with Gasteiger partial charge in [-0.15, -0.1) is 0 Å². The number of rotatable bonds is 1. The highest BCUT2D eigenvalue weighted by atomic mass is 16.2. The molecule has 0 aliphatic carbocycles. The Kier molecular flexibility index (Phi) is 2.24. The topological polar surface area (TPSA) is 50.2 Å². The van der Waals surface area contributed by atoms with Crippen LogP contribution in [0.4, 0.5) is 10.7 Å². The maximum absolute atomic E-state index is 11.8. The first kappa shape index (κ1) is 10.1. The van der Waals surface area contributed by atoms with Crippen molar-refractivity contribution in [2.24, 2.45) is 7.05 Å². The predicted octanol–water partition coefficient (Wildman–Crippen LogP) is 1.49. The van der Waals surface area contributed by atoms with Gasteiger partial charge in [-0.25, -0.2) is 9.78 Å². The fourth-order valence-electron chi connectivity index (χ4n) is 2.19. The van der Waals surface area contributed by atoms with Gasteiger partial charge in [0.1, 0.15) is 0 Å². The molecule has 5 heteroatoms. The second kappa shape index (κ2) is 3.76. The zero-order valence-corrected chi connectivity index (χ0v) is 9.68. The molecule has 2 heterocycles. The van der Waals surface area contributed by atoms with Crippen LogP contribution in [0.5, 0.6) is 0 Å². The van der Waals surface area contributed by atoms with Crippen molar-refractivity contribution >= 4 is 23.0 Å². The van der Waals surface area contributed by atoms with Crippen LogP contribution in [0.15, 0.2) is 24.3 Å². The number of fused-ring (bicyclic) bond motifs is 1. The van der Waals surface area contributed by atoms with E-state index >= 15 is 0 Å². The van der Waals surface area contributed by atoms with Crippen molar-refractivity contribution in [3.8, 4) is 0 Å². The van der Waals surface area contributed by atoms with Gasteiger partial charge in [0, 0.05) is 20.1 Å². The predicted molar refractivity (Wildman–Crippen MR) is 66.1 cm³/mol. The van der Waals surface area contributed by atoms with Crippen LogP contribution in [0.2, 0.25) is 0 Å². The third kappa shape index (κ3) is 1.54. The number of benzene rings is 1. The average Bonchev–Trinajstić information content (AvgIpc) is 2.68. The van der Waals surface area contributed by atoms with E-state index in [1.807, 2.05) is 35.9 Å². The number of hydrogen-bond acceptors (Lipinski definition) is 2. The zero-order valence-electron chi connectivity index (χ0n) is 9.68. The van der Waals surface area contributed by atoms with E-state index in [0.717, 1.165) is 30.5 Å². The van der Waals surface area contributed by atoms with E-state index in [9.17, 15) is 4.79 Å². The number of urea groups is 1. The molecule has 2 amide bonds. The molecule has 1 N–H and O–H groups in total. The van der Waals surface area contributed by atoms with Crippen LogP contribution < -0.4 is 10.2 Å². The largest absolute Gasteiger partial charge is 0.338 e. The highest BCUT2D eigenvalue weighted by molar-refractivity contribution is 5.93. The molecule has 1 fully saturated rings. The lowest BCUT2D eigenvalue weighted by Crippen LogP contribution is -2.47. The van der Waals surface area contributed by atoms with Gasteiger partial charge in [-0.05, 0) is 18.6 Å². The molecule has 17 heavy (non-hydrogen) atoms. The number of imidazole rings is 1. The number of nitrogens with zero attached hydrogens (tertiary/aromatic N) is 3. The summed E-state index contributed by atoms with van der Waals surface area (Å²) in [6, 6.07) is 7.84. The van der Waals surface area contributed by atoms with Crippen molar-refractivity contribution in [2.45, 2.75) is 6.42 Å². The SMILES string of the molecule is Cn1c(N2CCCNC2=O)nc2ccccc21. The van der Waals surface area contributed by atoms with E-state index in [4.69, 9.17) is 0 Å². The van der Waals surface area contributed by atoms with Gasteiger partial charge in [-0.2, -0.15) is 0 Å². The van der Waals surface area contributed by atoms with Crippen LogP contribution in [0, 0.1) is 0 Å². The number of aromatic nitrogens is 2. The number of nitrogens with one attached hydrogen (secondary N) is 1. The third-order valence-electron chi connectivity index (χ3n) is 3.08. The van der Waals surface area contributed by atoms with E-state index in [1.165, 1.54) is 0 Å². The highest BCUT2D eigenvalue weighted by Gasteiger charge is 2.23. The summed E-state index contributed by atoms with van der Waals surface area (Å²) in [7, 11) is 1.94. The first-order valence-electron chi connectivity index (χ1n) is 5.74. The Morgan fingerprint density at radius 1 is 1.35 bits per heavy atom. The van der Waals surface area contributed by atoms with Crippen LogP contribution in [0.1, 0.15) is 6.42 Å². The summed E-state index contributed by atoms with van der Waals surface area (Å²) in [5.74, 6) is 0.711. The molecule has 1 aromatic carbocycles. The molecule has 88 valence electrons. The van der Waals surface area contributed by atoms with E-state index < -0.39 is 0 Å². The Labute approximate surface area is 99.0 Å². The lowest BCUT2D eigenvalue weighted by Gasteiger charge is -2.26. The van der Waals surface area contributed by atoms with E-state index in [2.05, 4.69) is 10.3 Å². The van der Waals surface area contributed by atoms with Crippen molar-refractivity contribution < 1.29 is 4.79 Å². The molecule has 0 saturated carbocycles. The van der Waals surface area contributed by atoms with Crippen LogP contribution in [0.25, 0.3) is 11.0 Å². The molecule has 0 unspecified atom stereocenters. The number of para-hydroxylation sites is 2. The molecule has 0 radical (unpaired) electrons. The third-order valence-corrected chi connectivity index (χ3v) is 3.08. The summed E-state index contributed by atoms with van der Waals surface area (Å²) in [5.41, 5.74) is 1.96. The van der Waals surface area contributed by atoms with E-state index in [-0.39, 0.29) is 6.03 Å². The van der Waals surface area contributed by atoms with Crippen molar-refractivity contribution in [1.82, 2.24) is 14.9 Å². The molecule has 2 aromatic rings. The number of carbonyl (C=O) groups is 1. The lowest BCUT2D eigenvalue weighted by atomic mass is 10.3. The summed E-state index contributed by atoms with van der Waals surface area (Å²) in [6.45, 7) is 1.47. The summed E-state index contributed by atoms with van der Waals surface area (Å²) < 4.78 is 1.96. The van der Waals surface area contributed by atoms with Crippen LogP contribution in [-0.2, 0) is 7.05 Å². The highest BCUT2D eigenvalue weighted by Crippen LogP contribution is 2.21. The van der Waals surface area contributed by atoms with Crippen LogP contribution in [-0.4, -0.2) is 28.7 Å². The molecule has 0 bridgehead atoms. The normalized spacial score (nSPS) is 16.3. The summed E-state index contributed by atoms with van der Waals surface area (Å²) in [4.78, 5) is 18.0. The van der Waals surface area contributed by atoms with Gasteiger partial charge in [0.15, 0.2) is 0 Å². The number of hydrogen-bond donors (Lipinski definition) is 1. The zero-order chi connectivity index (χ0) is 11.8. The minimum absolute atomic E-state index is 0.0605. The maximum atomic E-state index is 11.8. The summed E-state index contributed by atoms with van der Waals surface area (Å²) >= 11 is 0. The number of aryl methyl sites for hydroxylation is 1. The van der Waals surface area contributed by atoms with Crippen molar-refractivity contribution in [3.05, 3.63) is 24.3 Å². The number of anilines is 1. The fraction of sp³-hybridized carbons (Fsp3) is 0.333. The monoisotopic (exact) mass is 230 g/mol. The molecule has 0 spiro atoms. The van der Waals surface area contributed by atoms with Gasteiger partial charge in [-0.1, -0.05) is 12.1 Å². The second-order valence-electron chi connectivity index (χ2n) is 4.20.